The SMILES string of the molecule is CC(C)(C)[C@@H](c1csc([N+](=O)[O-])c1)N1CCNCC1.Cl.Cl. The summed E-state index contributed by atoms with van der Waals surface area (Å²) in [7, 11) is 0. The standard InChI is InChI=1S/C13H21N3O2S.2ClH/c1-13(2,3)12(15-6-4-14-5-7-15)10-8-11(16(17)18)19-9-10;;/h8-9,12,14H,4-7H2,1-3H3;2*1H/t12-;;/m1../s1. The molecule has 5 nitrogen and oxygen atoms in total. The van der Waals surface area contributed by atoms with E-state index in [9.17, 15) is 10.1 Å². The van der Waals surface area contributed by atoms with E-state index in [0.29, 0.717) is 0 Å². The van der Waals surface area contributed by atoms with Crippen molar-refractivity contribution in [3.63, 3.8) is 0 Å². The third-order valence-electron chi connectivity index (χ3n) is 3.44. The summed E-state index contributed by atoms with van der Waals surface area (Å²) in [6.45, 7) is 10.5. The van der Waals surface area contributed by atoms with Gasteiger partial charge in [-0.05, 0) is 11.0 Å². The smallest absolute Gasteiger partial charge is 0.314 e. The predicted octanol–water partition coefficient (Wildman–Crippen LogP) is 3.49. The van der Waals surface area contributed by atoms with E-state index in [2.05, 4.69) is 31.0 Å². The average Bonchev–Trinajstić information content (AvgIpc) is 2.78. The molecule has 0 unspecified atom stereocenters. The lowest BCUT2D eigenvalue weighted by Crippen LogP contribution is -2.48. The fourth-order valence-electron chi connectivity index (χ4n) is 2.78. The molecule has 0 saturated carbocycles. The van der Waals surface area contributed by atoms with Gasteiger partial charge in [0.2, 0.25) is 0 Å². The van der Waals surface area contributed by atoms with Gasteiger partial charge in [0.25, 0.3) is 0 Å². The first kappa shape index (κ1) is 20.6. The van der Waals surface area contributed by atoms with E-state index in [1.54, 1.807) is 6.07 Å². The molecule has 0 aliphatic carbocycles. The van der Waals surface area contributed by atoms with Gasteiger partial charge in [0, 0.05) is 43.7 Å². The zero-order valence-corrected chi connectivity index (χ0v) is 14.9. The summed E-state index contributed by atoms with van der Waals surface area (Å²) in [6.07, 6.45) is 0. The Morgan fingerprint density at radius 3 is 2.33 bits per heavy atom. The number of rotatable bonds is 3. The van der Waals surface area contributed by atoms with Crippen molar-refractivity contribution < 1.29 is 4.92 Å². The zero-order valence-electron chi connectivity index (χ0n) is 12.5. The first-order chi connectivity index (χ1) is 8.89. The fraction of sp³-hybridized carbons (Fsp3) is 0.692. The molecule has 1 aromatic rings. The van der Waals surface area contributed by atoms with E-state index in [1.165, 1.54) is 11.3 Å². The van der Waals surface area contributed by atoms with Gasteiger partial charge in [0.05, 0.1) is 4.92 Å². The van der Waals surface area contributed by atoms with Crippen molar-refractivity contribution in [2.45, 2.75) is 26.8 Å². The largest absolute Gasteiger partial charge is 0.324 e. The van der Waals surface area contributed by atoms with Crippen molar-refractivity contribution in [3.8, 4) is 0 Å². The molecule has 1 aliphatic heterocycles. The predicted molar refractivity (Wildman–Crippen MR) is 92.1 cm³/mol. The van der Waals surface area contributed by atoms with Crippen LogP contribution in [0.5, 0.6) is 0 Å². The number of hydrogen-bond donors (Lipinski definition) is 1. The van der Waals surface area contributed by atoms with E-state index >= 15 is 0 Å². The number of nitro groups is 1. The molecule has 1 atom stereocenters. The molecular formula is C13H23Cl2N3O2S. The molecule has 2 rings (SSSR count). The van der Waals surface area contributed by atoms with Crippen LogP contribution in [0.15, 0.2) is 11.4 Å². The third kappa shape index (κ3) is 5.07. The second kappa shape index (κ2) is 8.29. The zero-order chi connectivity index (χ0) is 14.0. The van der Waals surface area contributed by atoms with Gasteiger partial charge in [-0.1, -0.05) is 32.1 Å². The maximum Gasteiger partial charge on any atom is 0.324 e. The van der Waals surface area contributed by atoms with Crippen LogP contribution in [0, 0.1) is 15.5 Å². The van der Waals surface area contributed by atoms with Gasteiger partial charge < -0.3 is 5.32 Å². The van der Waals surface area contributed by atoms with Crippen LogP contribution in [0.1, 0.15) is 32.4 Å². The van der Waals surface area contributed by atoms with E-state index in [0.717, 1.165) is 31.7 Å². The van der Waals surface area contributed by atoms with Crippen LogP contribution >= 0.6 is 36.2 Å². The Morgan fingerprint density at radius 2 is 1.90 bits per heavy atom. The number of halogens is 2. The molecule has 2 heterocycles. The molecule has 8 heteroatoms. The summed E-state index contributed by atoms with van der Waals surface area (Å²) in [5, 5.41) is 16.4. The summed E-state index contributed by atoms with van der Waals surface area (Å²) < 4.78 is 0. The molecule has 1 fully saturated rings. The van der Waals surface area contributed by atoms with Gasteiger partial charge in [0.1, 0.15) is 0 Å². The van der Waals surface area contributed by atoms with Crippen molar-refractivity contribution in [3.05, 3.63) is 27.1 Å². The normalized spacial score (nSPS) is 17.5. The van der Waals surface area contributed by atoms with E-state index in [4.69, 9.17) is 0 Å². The lowest BCUT2D eigenvalue weighted by molar-refractivity contribution is -0.380. The van der Waals surface area contributed by atoms with Crippen molar-refractivity contribution in [2.75, 3.05) is 26.2 Å². The van der Waals surface area contributed by atoms with Crippen LogP contribution in [-0.2, 0) is 0 Å². The van der Waals surface area contributed by atoms with Crippen molar-refractivity contribution in [1.29, 1.82) is 0 Å². The highest BCUT2D eigenvalue weighted by molar-refractivity contribution is 7.13. The van der Waals surface area contributed by atoms with Crippen LogP contribution in [0.25, 0.3) is 0 Å². The maximum atomic E-state index is 10.9. The Morgan fingerprint density at radius 1 is 1.33 bits per heavy atom. The Bertz CT molecular complexity index is 457. The molecule has 1 aromatic heterocycles. The molecular weight excluding hydrogens is 333 g/mol. The highest BCUT2D eigenvalue weighted by Crippen LogP contribution is 2.41. The fourth-order valence-corrected chi connectivity index (χ4v) is 3.52. The summed E-state index contributed by atoms with van der Waals surface area (Å²) in [6, 6.07) is 1.97. The first-order valence-electron chi connectivity index (χ1n) is 6.57. The van der Waals surface area contributed by atoms with Gasteiger partial charge in [-0.3, -0.25) is 15.0 Å². The Kier molecular flexibility index (Phi) is 8.13. The summed E-state index contributed by atoms with van der Waals surface area (Å²) in [4.78, 5) is 13.0. The Balaban J connectivity index is 0.00000200. The third-order valence-corrected chi connectivity index (χ3v) is 4.34. The van der Waals surface area contributed by atoms with Gasteiger partial charge in [-0.15, -0.1) is 24.8 Å². The van der Waals surface area contributed by atoms with Crippen LogP contribution < -0.4 is 5.32 Å². The highest BCUT2D eigenvalue weighted by atomic mass is 35.5. The van der Waals surface area contributed by atoms with Crippen molar-refractivity contribution >= 4 is 41.2 Å². The highest BCUT2D eigenvalue weighted by Gasteiger charge is 2.34. The van der Waals surface area contributed by atoms with Gasteiger partial charge >= 0.3 is 5.00 Å². The number of piperazine rings is 1. The Hall–Kier alpha value is -0.400. The first-order valence-corrected chi connectivity index (χ1v) is 7.45. The second-order valence-corrected chi connectivity index (χ2v) is 6.92. The molecule has 0 amide bonds. The minimum absolute atomic E-state index is 0. The van der Waals surface area contributed by atoms with E-state index in [1.807, 2.05) is 5.38 Å². The summed E-state index contributed by atoms with van der Waals surface area (Å²) >= 11 is 1.22. The molecule has 0 aromatic carbocycles. The number of nitrogens with one attached hydrogen (secondary N) is 1. The molecule has 21 heavy (non-hydrogen) atoms. The van der Waals surface area contributed by atoms with Crippen molar-refractivity contribution in [1.82, 2.24) is 10.2 Å². The molecule has 1 saturated heterocycles. The molecule has 0 radical (unpaired) electrons. The number of hydrogen-bond acceptors (Lipinski definition) is 5. The lowest BCUT2D eigenvalue weighted by Gasteiger charge is -2.42. The lowest BCUT2D eigenvalue weighted by atomic mass is 9.82. The molecule has 1 N–H and O–H groups in total. The summed E-state index contributed by atoms with van der Waals surface area (Å²) in [5.41, 5.74) is 1.14. The van der Waals surface area contributed by atoms with E-state index < -0.39 is 0 Å². The quantitative estimate of drug-likeness (QED) is 0.665. The second-order valence-electron chi connectivity index (χ2n) is 6.03. The van der Waals surface area contributed by atoms with Crippen LogP contribution in [0.3, 0.4) is 0 Å². The summed E-state index contributed by atoms with van der Waals surface area (Å²) in [5.74, 6) is 0. The Labute approximate surface area is 142 Å². The minimum Gasteiger partial charge on any atom is -0.314 e. The van der Waals surface area contributed by atoms with Crippen LogP contribution in [0.4, 0.5) is 5.00 Å². The van der Waals surface area contributed by atoms with Crippen LogP contribution in [-0.4, -0.2) is 36.0 Å². The molecule has 0 bridgehead atoms. The molecule has 1 aliphatic rings. The topological polar surface area (TPSA) is 58.4 Å². The van der Waals surface area contributed by atoms with Gasteiger partial charge in [-0.2, -0.15) is 0 Å². The maximum absolute atomic E-state index is 10.9. The number of thiophene rings is 1. The van der Waals surface area contributed by atoms with Crippen LogP contribution in [0.2, 0.25) is 0 Å². The molecule has 122 valence electrons. The minimum atomic E-state index is -0.300. The average molecular weight is 356 g/mol. The van der Waals surface area contributed by atoms with Gasteiger partial charge in [0.15, 0.2) is 0 Å². The van der Waals surface area contributed by atoms with E-state index in [-0.39, 0.29) is 46.2 Å². The number of nitrogens with zero attached hydrogens (tertiary/aromatic N) is 2. The monoisotopic (exact) mass is 355 g/mol. The molecule has 0 spiro atoms. The van der Waals surface area contributed by atoms with Gasteiger partial charge in [-0.25, -0.2) is 0 Å². The van der Waals surface area contributed by atoms with Crippen molar-refractivity contribution in [2.24, 2.45) is 5.41 Å².